The zero-order valence-electron chi connectivity index (χ0n) is 14.1. The van der Waals surface area contributed by atoms with E-state index in [4.69, 9.17) is 0 Å². The second-order valence-corrected chi connectivity index (χ2v) is 7.82. The maximum absolute atomic E-state index is 12.9. The van der Waals surface area contributed by atoms with Crippen LogP contribution >= 0.6 is 34.2 Å². The van der Waals surface area contributed by atoms with Crippen molar-refractivity contribution < 1.29 is 27.3 Å². The van der Waals surface area contributed by atoms with Gasteiger partial charge in [0.25, 0.3) is 5.91 Å². The molecule has 0 spiro atoms. The van der Waals surface area contributed by atoms with Gasteiger partial charge in [0.1, 0.15) is 5.69 Å². The van der Waals surface area contributed by atoms with E-state index in [-0.39, 0.29) is 29.0 Å². The lowest BCUT2D eigenvalue weighted by Crippen LogP contribution is -2.43. The van der Waals surface area contributed by atoms with Crippen LogP contribution in [-0.2, 0) is 11.0 Å². The van der Waals surface area contributed by atoms with Gasteiger partial charge in [0, 0.05) is 18.7 Å². The van der Waals surface area contributed by atoms with Crippen molar-refractivity contribution in [2.75, 3.05) is 13.1 Å². The number of likely N-dealkylation sites (tertiary alicyclic amines) is 1. The lowest BCUT2D eigenvalue weighted by molar-refractivity contribution is -0.156. The van der Waals surface area contributed by atoms with Gasteiger partial charge in [-0.3, -0.25) is 13.1 Å². The molecule has 0 bridgehead atoms. The lowest BCUT2D eigenvalue weighted by Gasteiger charge is -2.31. The van der Waals surface area contributed by atoms with Gasteiger partial charge < -0.3 is 9.42 Å². The number of carbonyl (C=O) groups excluding carboxylic acids is 2. The van der Waals surface area contributed by atoms with Crippen LogP contribution in [0.4, 0.5) is 13.2 Å². The van der Waals surface area contributed by atoms with Gasteiger partial charge >= 0.3 is 6.18 Å². The Morgan fingerprint density at radius 3 is 2.78 bits per heavy atom. The maximum atomic E-state index is 12.9. The molecule has 0 aliphatic carbocycles. The number of rotatable bonds is 3. The molecule has 1 saturated heterocycles. The lowest BCUT2D eigenvalue weighted by atomic mass is 9.97. The Balaban J connectivity index is 1.79. The van der Waals surface area contributed by atoms with Crippen molar-refractivity contribution in [3.05, 3.63) is 28.3 Å². The monoisotopic (exact) mass is 513 g/mol. The average molecular weight is 513 g/mol. The highest BCUT2D eigenvalue weighted by atomic mass is 127. The second kappa shape index (κ2) is 7.78. The number of hydrogen-bond acceptors (Lipinski definition) is 5. The molecular weight excluding hydrogens is 498 g/mol. The first kappa shape index (κ1) is 20.1. The summed E-state index contributed by atoms with van der Waals surface area (Å²) in [5.41, 5.74) is -0.0349. The largest absolute Gasteiger partial charge is 0.452 e. The Bertz CT molecular complexity index is 865. The maximum Gasteiger partial charge on any atom is 0.452 e. The Hall–Kier alpha value is -1.63. The van der Waals surface area contributed by atoms with Gasteiger partial charge in [-0.2, -0.15) is 13.2 Å². The Morgan fingerprint density at radius 1 is 1.41 bits per heavy atom. The summed E-state index contributed by atoms with van der Waals surface area (Å²) in [4.78, 5) is 27.0. The fourth-order valence-electron chi connectivity index (χ4n) is 3.02. The molecule has 1 N–H and O–H groups in total. The zero-order chi connectivity index (χ0) is 19.8. The molecule has 2 amide bonds. The van der Waals surface area contributed by atoms with Crippen LogP contribution in [0.2, 0.25) is 0 Å². The first-order valence-electron chi connectivity index (χ1n) is 8.05. The third-order valence-electron chi connectivity index (χ3n) is 4.40. The molecule has 1 atom stereocenters. The molecule has 3 rings (SSSR count). The number of nitrogens with one attached hydrogen (secondary N) is 1. The number of nitrogens with zero attached hydrogens (tertiary/aromatic N) is 2. The molecule has 11 heteroatoms. The van der Waals surface area contributed by atoms with Crippen molar-refractivity contribution in [3.8, 4) is 10.6 Å². The van der Waals surface area contributed by atoms with Gasteiger partial charge in [-0.25, -0.2) is 0 Å². The smallest absolute Gasteiger partial charge is 0.351 e. The molecule has 0 aromatic carbocycles. The third-order valence-corrected chi connectivity index (χ3v) is 6.02. The molecule has 1 aliphatic heterocycles. The van der Waals surface area contributed by atoms with E-state index >= 15 is 0 Å². The number of aromatic nitrogens is 1. The highest BCUT2D eigenvalue weighted by Crippen LogP contribution is 2.38. The Kier molecular flexibility index (Phi) is 5.79. The van der Waals surface area contributed by atoms with E-state index in [1.165, 1.54) is 6.92 Å². The number of amides is 2. The fraction of sp³-hybridized carbons (Fsp3) is 0.438. The molecule has 2 aromatic rings. The van der Waals surface area contributed by atoms with E-state index in [2.05, 4.69) is 13.2 Å². The number of carbonyl (C=O) groups is 2. The molecule has 3 heterocycles. The summed E-state index contributed by atoms with van der Waals surface area (Å²) in [5, 5.41) is 3.52. The van der Waals surface area contributed by atoms with Crippen LogP contribution in [0.25, 0.3) is 10.6 Å². The summed E-state index contributed by atoms with van der Waals surface area (Å²) in [6.45, 7) is 2.15. The minimum absolute atomic E-state index is 0.0761. The fourth-order valence-corrected chi connectivity index (χ4v) is 4.47. The minimum atomic E-state index is -4.62. The normalized spacial score (nSPS) is 17.8. The summed E-state index contributed by atoms with van der Waals surface area (Å²) < 4.78 is 45.6. The van der Waals surface area contributed by atoms with E-state index in [1.807, 2.05) is 0 Å². The number of thiophene rings is 1. The van der Waals surface area contributed by atoms with Crippen LogP contribution < -0.4 is 3.53 Å². The van der Waals surface area contributed by atoms with E-state index in [1.54, 1.807) is 39.9 Å². The van der Waals surface area contributed by atoms with Crippen molar-refractivity contribution in [1.82, 2.24) is 13.6 Å². The third kappa shape index (κ3) is 4.13. The average Bonchev–Trinajstić information content (AvgIpc) is 3.26. The van der Waals surface area contributed by atoms with E-state index in [9.17, 15) is 22.8 Å². The van der Waals surface area contributed by atoms with Crippen molar-refractivity contribution >= 4 is 46.0 Å². The standard InChI is InChI=1S/C16H15F3IN3O3S/c1-8-12(22-26-13(8)16(17,18)19)10-4-5-11(27-10)15(25)23-6-2-3-9(7-23)14(24)21-20/h4-5,9H,2-3,6-7H2,1H3,(H,21,24)/t9-/m0/s1. The van der Waals surface area contributed by atoms with Gasteiger partial charge in [-0.15, -0.1) is 11.3 Å². The summed E-state index contributed by atoms with van der Waals surface area (Å²) in [6.07, 6.45) is -3.18. The number of halogens is 4. The van der Waals surface area contributed by atoms with E-state index < -0.39 is 11.9 Å². The van der Waals surface area contributed by atoms with E-state index in [0.717, 1.165) is 17.8 Å². The first-order chi connectivity index (χ1) is 12.7. The van der Waals surface area contributed by atoms with Crippen LogP contribution in [-0.4, -0.2) is 35.0 Å². The van der Waals surface area contributed by atoms with Crippen molar-refractivity contribution in [2.24, 2.45) is 5.92 Å². The molecule has 146 valence electrons. The molecule has 0 saturated carbocycles. The Morgan fingerprint density at radius 2 is 2.15 bits per heavy atom. The van der Waals surface area contributed by atoms with Crippen molar-refractivity contribution in [1.29, 1.82) is 0 Å². The van der Waals surface area contributed by atoms with Crippen LogP contribution in [0.15, 0.2) is 16.7 Å². The number of alkyl halides is 3. The Labute approximate surface area is 170 Å². The topological polar surface area (TPSA) is 75.4 Å². The molecule has 0 radical (unpaired) electrons. The van der Waals surface area contributed by atoms with Gasteiger partial charge in [-0.1, -0.05) is 5.16 Å². The predicted molar refractivity (Wildman–Crippen MR) is 100 cm³/mol. The van der Waals surface area contributed by atoms with Crippen LogP contribution in [0.5, 0.6) is 0 Å². The van der Waals surface area contributed by atoms with Crippen LogP contribution in [0.3, 0.4) is 0 Å². The van der Waals surface area contributed by atoms with Gasteiger partial charge in [0.15, 0.2) is 0 Å². The highest BCUT2D eigenvalue weighted by molar-refractivity contribution is 14.1. The molecule has 2 aromatic heterocycles. The summed E-state index contributed by atoms with van der Waals surface area (Å²) in [5.74, 6) is -1.75. The summed E-state index contributed by atoms with van der Waals surface area (Å²) in [6, 6.07) is 3.12. The second-order valence-electron chi connectivity index (χ2n) is 6.20. The molecule has 27 heavy (non-hydrogen) atoms. The molecule has 1 aliphatic rings. The minimum Gasteiger partial charge on any atom is -0.351 e. The van der Waals surface area contributed by atoms with Crippen LogP contribution in [0, 0.1) is 12.8 Å². The van der Waals surface area contributed by atoms with E-state index in [0.29, 0.717) is 29.3 Å². The highest BCUT2D eigenvalue weighted by Gasteiger charge is 2.39. The number of piperidine rings is 1. The molecule has 0 unspecified atom stereocenters. The van der Waals surface area contributed by atoms with Gasteiger partial charge in [0.05, 0.1) is 38.5 Å². The molecule has 6 nitrogen and oxygen atoms in total. The number of hydrogen-bond donors (Lipinski definition) is 1. The van der Waals surface area contributed by atoms with Crippen LogP contribution in [0.1, 0.15) is 33.8 Å². The summed E-state index contributed by atoms with van der Waals surface area (Å²) in [7, 11) is 0. The first-order valence-corrected chi connectivity index (χ1v) is 9.95. The van der Waals surface area contributed by atoms with Crippen molar-refractivity contribution in [2.45, 2.75) is 25.9 Å². The predicted octanol–water partition coefficient (Wildman–Crippen LogP) is 4.05. The molecule has 1 fully saturated rings. The van der Waals surface area contributed by atoms with Gasteiger partial charge in [0.2, 0.25) is 11.7 Å². The zero-order valence-corrected chi connectivity index (χ0v) is 17.1. The molecular formula is C16H15F3IN3O3S. The summed E-state index contributed by atoms with van der Waals surface area (Å²) >= 11 is 2.83. The SMILES string of the molecule is Cc1c(-c2ccc(C(=O)N3CCC[C@H](C(=O)NI)C3)s2)noc1C(F)(F)F. The quantitative estimate of drug-likeness (QED) is 0.497. The van der Waals surface area contributed by atoms with Gasteiger partial charge in [-0.05, 0) is 31.9 Å². The van der Waals surface area contributed by atoms with Crippen molar-refractivity contribution in [3.63, 3.8) is 0 Å².